The van der Waals surface area contributed by atoms with E-state index >= 15 is 0 Å². The van der Waals surface area contributed by atoms with E-state index in [1.165, 1.54) is 15.6 Å². The van der Waals surface area contributed by atoms with Crippen molar-refractivity contribution in [2.24, 2.45) is 0 Å². The Bertz CT molecular complexity index is 466. The molecule has 0 saturated heterocycles. The summed E-state index contributed by atoms with van der Waals surface area (Å²) in [5.74, 6) is 0. The monoisotopic (exact) mass is 276 g/mol. The molecule has 0 amide bonds. The minimum Gasteiger partial charge on any atom is -0.315 e. The molecule has 0 aromatic carbocycles. The van der Waals surface area contributed by atoms with Gasteiger partial charge in [0.15, 0.2) is 0 Å². The van der Waals surface area contributed by atoms with Gasteiger partial charge in [0, 0.05) is 25.0 Å². The lowest BCUT2D eigenvalue weighted by Gasteiger charge is -2.14. The van der Waals surface area contributed by atoms with Crippen molar-refractivity contribution in [2.75, 3.05) is 20.6 Å². The highest BCUT2D eigenvalue weighted by Gasteiger charge is 2.23. The predicted octanol–water partition coefficient (Wildman–Crippen LogP) is 1.81. The van der Waals surface area contributed by atoms with Crippen molar-refractivity contribution in [1.29, 1.82) is 0 Å². The first-order chi connectivity index (χ1) is 7.93. The van der Waals surface area contributed by atoms with Gasteiger partial charge in [0.1, 0.15) is 4.21 Å². The maximum absolute atomic E-state index is 12.2. The molecule has 0 aliphatic heterocycles. The van der Waals surface area contributed by atoms with Crippen LogP contribution in [0.4, 0.5) is 0 Å². The van der Waals surface area contributed by atoms with Crippen LogP contribution >= 0.6 is 11.3 Å². The van der Waals surface area contributed by atoms with Crippen LogP contribution in [0.2, 0.25) is 0 Å². The van der Waals surface area contributed by atoms with Gasteiger partial charge in [0.05, 0.1) is 0 Å². The molecular formula is C11H20N2O2S2. The average Bonchev–Trinajstić information content (AvgIpc) is 2.62. The molecule has 0 spiro atoms. The molecule has 0 unspecified atom stereocenters. The first-order valence-corrected chi connectivity index (χ1v) is 7.89. The number of aryl methyl sites for hydroxylation is 1. The summed E-state index contributed by atoms with van der Waals surface area (Å²) in [6.07, 6.45) is 0.823. The molecule has 17 heavy (non-hydrogen) atoms. The number of hydrogen-bond donors (Lipinski definition) is 1. The Morgan fingerprint density at radius 1 is 1.47 bits per heavy atom. The molecule has 6 heteroatoms. The van der Waals surface area contributed by atoms with Gasteiger partial charge in [-0.2, -0.15) is 0 Å². The summed E-state index contributed by atoms with van der Waals surface area (Å²) in [5, 5.41) is 3.05. The van der Waals surface area contributed by atoms with Crippen molar-refractivity contribution < 1.29 is 8.42 Å². The maximum atomic E-state index is 12.2. The normalized spacial score (nSPS) is 12.3. The smallest absolute Gasteiger partial charge is 0.252 e. The van der Waals surface area contributed by atoms with Crippen LogP contribution in [0, 0.1) is 6.92 Å². The fraction of sp³-hybridized carbons (Fsp3) is 0.636. The molecule has 0 aliphatic carbocycles. The van der Waals surface area contributed by atoms with Crippen LogP contribution in [0.5, 0.6) is 0 Å². The first kappa shape index (κ1) is 14.6. The minimum absolute atomic E-state index is 0.441. The quantitative estimate of drug-likeness (QED) is 0.862. The van der Waals surface area contributed by atoms with Crippen molar-refractivity contribution in [3.8, 4) is 0 Å². The van der Waals surface area contributed by atoms with Gasteiger partial charge in [0.25, 0.3) is 10.0 Å². The number of sulfonamides is 1. The zero-order chi connectivity index (χ0) is 13.1. The summed E-state index contributed by atoms with van der Waals surface area (Å²) in [7, 11) is 0.191. The van der Waals surface area contributed by atoms with E-state index < -0.39 is 10.0 Å². The Balaban J connectivity index is 3.03. The van der Waals surface area contributed by atoms with Crippen LogP contribution in [0.25, 0.3) is 0 Å². The number of nitrogens with one attached hydrogen (secondary N) is 1. The van der Waals surface area contributed by atoms with Crippen LogP contribution < -0.4 is 5.32 Å². The van der Waals surface area contributed by atoms with Gasteiger partial charge in [-0.15, -0.1) is 11.3 Å². The second-order valence-electron chi connectivity index (χ2n) is 4.03. The van der Waals surface area contributed by atoms with E-state index in [1.54, 1.807) is 13.1 Å². The molecule has 0 radical (unpaired) electrons. The standard InChI is InChI=1S/C11H20N2O2S2/c1-5-6-13(4)17(14,15)11-7-9(2)10(16-11)8-12-3/h7,12H,5-6,8H2,1-4H3. The third-order valence-corrected chi connectivity index (χ3v) is 6.08. The second-order valence-corrected chi connectivity index (χ2v) is 7.44. The summed E-state index contributed by atoms with van der Waals surface area (Å²) in [4.78, 5) is 1.08. The van der Waals surface area contributed by atoms with Gasteiger partial charge < -0.3 is 5.32 Å². The number of nitrogens with zero attached hydrogens (tertiary/aromatic N) is 1. The second kappa shape index (κ2) is 5.95. The molecule has 98 valence electrons. The SMILES string of the molecule is CCCN(C)S(=O)(=O)c1cc(C)c(CNC)s1. The molecular weight excluding hydrogens is 256 g/mol. The number of hydrogen-bond acceptors (Lipinski definition) is 4. The van der Waals surface area contributed by atoms with Crippen molar-refractivity contribution in [2.45, 2.75) is 31.0 Å². The van der Waals surface area contributed by atoms with Gasteiger partial charge >= 0.3 is 0 Å². The Morgan fingerprint density at radius 2 is 2.12 bits per heavy atom. The minimum atomic E-state index is -3.30. The third kappa shape index (κ3) is 3.28. The Morgan fingerprint density at radius 3 is 2.65 bits per heavy atom. The van der Waals surface area contributed by atoms with E-state index in [4.69, 9.17) is 0 Å². The van der Waals surface area contributed by atoms with Crippen LogP contribution in [0.15, 0.2) is 10.3 Å². The lowest BCUT2D eigenvalue weighted by molar-refractivity contribution is 0.470. The van der Waals surface area contributed by atoms with Crippen LogP contribution in [-0.4, -0.2) is 33.4 Å². The lowest BCUT2D eigenvalue weighted by atomic mass is 10.3. The van der Waals surface area contributed by atoms with E-state index in [1.807, 2.05) is 20.9 Å². The first-order valence-electron chi connectivity index (χ1n) is 5.63. The maximum Gasteiger partial charge on any atom is 0.252 e. The molecule has 0 saturated carbocycles. The Labute approximate surface area is 108 Å². The summed E-state index contributed by atoms with van der Waals surface area (Å²) in [6, 6.07) is 1.76. The van der Waals surface area contributed by atoms with E-state index in [2.05, 4.69) is 5.32 Å². The number of thiophene rings is 1. The summed E-state index contributed by atoms with van der Waals surface area (Å²) >= 11 is 1.35. The van der Waals surface area contributed by atoms with Crippen molar-refractivity contribution in [1.82, 2.24) is 9.62 Å². The fourth-order valence-corrected chi connectivity index (χ4v) is 4.62. The van der Waals surface area contributed by atoms with Gasteiger partial charge in [0.2, 0.25) is 0 Å². The summed E-state index contributed by atoms with van der Waals surface area (Å²) in [6.45, 7) is 5.18. The molecule has 0 atom stereocenters. The van der Waals surface area contributed by atoms with E-state index in [0.717, 1.165) is 16.9 Å². The highest BCUT2D eigenvalue weighted by atomic mass is 32.2. The molecule has 0 bridgehead atoms. The third-order valence-electron chi connectivity index (χ3n) is 2.54. The lowest BCUT2D eigenvalue weighted by Crippen LogP contribution is -2.26. The Hall–Kier alpha value is -0.430. The molecule has 4 nitrogen and oxygen atoms in total. The predicted molar refractivity (Wildman–Crippen MR) is 71.9 cm³/mol. The molecule has 1 heterocycles. The number of rotatable bonds is 6. The van der Waals surface area contributed by atoms with Gasteiger partial charge in [-0.05, 0) is 32.0 Å². The highest BCUT2D eigenvalue weighted by molar-refractivity contribution is 7.91. The van der Waals surface area contributed by atoms with Crippen molar-refractivity contribution >= 4 is 21.4 Å². The largest absolute Gasteiger partial charge is 0.315 e. The molecule has 0 fully saturated rings. The zero-order valence-corrected chi connectivity index (χ0v) is 12.4. The molecule has 0 aliphatic rings. The molecule has 1 aromatic heterocycles. The van der Waals surface area contributed by atoms with Crippen LogP contribution in [0.1, 0.15) is 23.8 Å². The average molecular weight is 276 g/mol. The van der Waals surface area contributed by atoms with Crippen LogP contribution in [-0.2, 0) is 16.6 Å². The molecule has 1 N–H and O–H groups in total. The van der Waals surface area contributed by atoms with E-state index in [0.29, 0.717) is 17.3 Å². The fourth-order valence-electron chi connectivity index (χ4n) is 1.54. The highest BCUT2D eigenvalue weighted by Crippen LogP contribution is 2.27. The topological polar surface area (TPSA) is 49.4 Å². The molecule has 1 rings (SSSR count). The van der Waals surface area contributed by atoms with Gasteiger partial charge in [-0.3, -0.25) is 0 Å². The summed E-state index contributed by atoms with van der Waals surface area (Å²) in [5.41, 5.74) is 1.04. The Kier molecular flexibility index (Phi) is 5.12. The van der Waals surface area contributed by atoms with E-state index in [9.17, 15) is 8.42 Å². The van der Waals surface area contributed by atoms with Crippen molar-refractivity contribution in [3.63, 3.8) is 0 Å². The molecule has 1 aromatic rings. The van der Waals surface area contributed by atoms with Gasteiger partial charge in [-0.25, -0.2) is 12.7 Å². The van der Waals surface area contributed by atoms with Crippen LogP contribution in [0.3, 0.4) is 0 Å². The van der Waals surface area contributed by atoms with E-state index in [-0.39, 0.29) is 0 Å². The zero-order valence-electron chi connectivity index (χ0n) is 10.8. The summed E-state index contributed by atoms with van der Waals surface area (Å²) < 4.78 is 26.3. The van der Waals surface area contributed by atoms with Crippen molar-refractivity contribution in [3.05, 3.63) is 16.5 Å². The van der Waals surface area contributed by atoms with Gasteiger partial charge in [-0.1, -0.05) is 6.92 Å².